The number of likely N-dealkylation sites (tertiary alicyclic amines) is 1. The fraction of sp³-hybridized carbons (Fsp3) is 0.591. The molecule has 1 aliphatic rings. The van der Waals surface area contributed by atoms with Crippen LogP contribution in [0.5, 0.6) is 0 Å². The minimum Gasteiger partial charge on any atom is -0.392 e. The van der Waals surface area contributed by atoms with Crippen molar-refractivity contribution in [3.8, 4) is 0 Å². The first kappa shape index (κ1) is 21.5. The maximum absolute atomic E-state index is 12.6. The van der Waals surface area contributed by atoms with Crippen LogP contribution >= 0.6 is 0 Å². The van der Waals surface area contributed by atoms with Crippen LogP contribution in [-0.4, -0.2) is 57.2 Å². The summed E-state index contributed by atoms with van der Waals surface area (Å²) >= 11 is 0. The molecular weight excluding hydrogens is 368 g/mol. The van der Waals surface area contributed by atoms with Gasteiger partial charge in [0.05, 0.1) is 11.5 Å². The molecule has 7 nitrogen and oxygen atoms in total. The highest BCUT2D eigenvalue weighted by Gasteiger charge is 2.26. The molecule has 1 amide bonds. The number of aryl methyl sites for hydroxylation is 2. The quantitative estimate of drug-likeness (QED) is 0.662. The Morgan fingerprint density at radius 3 is 2.76 bits per heavy atom. The standard InChI is InChI=1S/C22H32N4O3/c1-15-8-9-18-20(28)19(14-25(3)21(18)24-15)22(29)23-10-6-4-5-7-11-26-13-17(27)12-16(26)2/h8-9,14,16-17,27H,4-7,10-13H2,1-3H3,(H,23,29)/t16-,17-/m1/s1. The number of aliphatic hydroxyl groups is 1. The summed E-state index contributed by atoms with van der Waals surface area (Å²) in [6.07, 6.45) is 6.37. The molecular formula is C22H32N4O3. The minimum atomic E-state index is -0.326. The van der Waals surface area contributed by atoms with Gasteiger partial charge in [0, 0.05) is 38.1 Å². The fourth-order valence-electron chi connectivity index (χ4n) is 4.08. The minimum absolute atomic E-state index is 0.159. The molecule has 29 heavy (non-hydrogen) atoms. The van der Waals surface area contributed by atoms with E-state index in [1.54, 1.807) is 29.9 Å². The van der Waals surface area contributed by atoms with Gasteiger partial charge in [0.2, 0.25) is 5.43 Å². The van der Waals surface area contributed by atoms with Crippen molar-refractivity contribution in [2.24, 2.45) is 7.05 Å². The van der Waals surface area contributed by atoms with E-state index in [0.29, 0.717) is 23.6 Å². The maximum atomic E-state index is 12.6. The molecule has 1 fully saturated rings. The molecule has 0 spiro atoms. The van der Waals surface area contributed by atoms with Crippen molar-refractivity contribution in [1.82, 2.24) is 19.8 Å². The third kappa shape index (κ3) is 5.22. The van der Waals surface area contributed by atoms with Crippen LogP contribution in [-0.2, 0) is 7.05 Å². The lowest BCUT2D eigenvalue weighted by molar-refractivity contribution is 0.0951. The summed E-state index contributed by atoms with van der Waals surface area (Å²) in [5, 5.41) is 13.0. The number of unbranched alkanes of at least 4 members (excludes halogenated alkanes) is 3. The number of amides is 1. The molecule has 7 heteroatoms. The zero-order valence-electron chi connectivity index (χ0n) is 17.6. The van der Waals surface area contributed by atoms with Crippen LogP contribution in [0.2, 0.25) is 0 Å². The highest BCUT2D eigenvalue weighted by Crippen LogP contribution is 2.18. The third-order valence-corrected chi connectivity index (χ3v) is 5.74. The molecule has 0 saturated carbocycles. The van der Waals surface area contributed by atoms with Crippen molar-refractivity contribution in [3.63, 3.8) is 0 Å². The summed E-state index contributed by atoms with van der Waals surface area (Å²) < 4.78 is 1.73. The van der Waals surface area contributed by atoms with Crippen LogP contribution < -0.4 is 10.7 Å². The van der Waals surface area contributed by atoms with Gasteiger partial charge in [-0.2, -0.15) is 0 Å². The Kier molecular flexibility index (Phi) is 7.03. The van der Waals surface area contributed by atoms with Gasteiger partial charge in [-0.25, -0.2) is 4.98 Å². The Hall–Kier alpha value is -2.25. The SMILES string of the molecule is Cc1ccc2c(=O)c(C(=O)NCCCCCCN3C[C@H](O)C[C@H]3C)cn(C)c2n1. The highest BCUT2D eigenvalue weighted by molar-refractivity contribution is 5.96. The molecule has 2 atom stereocenters. The highest BCUT2D eigenvalue weighted by atomic mass is 16.3. The zero-order valence-corrected chi connectivity index (χ0v) is 17.6. The average molecular weight is 401 g/mol. The largest absolute Gasteiger partial charge is 0.392 e. The zero-order chi connectivity index (χ0) is 21.0. The molecule has 1 aliphatic heterocycles. The number of pyridine rings is 2. The van der Waals surface area contributed by atoms with E-state index in [-0.39, 0.29) is 23.0 Å². The normalized spacial score (nSPS) is 19.7. The molecule has 158 valence electrons. The molecule has 0 aliphatic carbocycles. The summed E-state index contributed by atoms with van der Waals surface area (Å²) in [5.74, 6) is -0.326. The van der Waals surface area contributed by atoms with E-state index < -0.39 is 0 Å². The molecule has 0 radical (unpaired) electrons. The summed E-state index contributed by atoms with van der Waals surface area (Å²) in [6.45, 7) is 6.41. The molecule has 0 aromatic carbocycles. The molecule has 2 aromatic rings. The van der Waals surface area contributed by atoms with Crippen molar-refractivity contribution in [3.05, 3.63) is 39.8 Å². The van der Waals surface area contributed by atoms with Crippen LogP contribution in [0.15, 0.2) is 23.1 Å². The Morgan fingerprint density at radius 2 is 2.03 bits per heavy atom. The topological polar surface area (TPSA) is 87.5 Å². The number of β-amino-alcohol motifs (C(OH)–C–C–N with tert-alkyl or cyclic N) is 1. The second kappa shape index (κ2) is 9.50. The number of fused-ring (bicyclic) bond motifs is 1. The van der Waals surface area contributed by atoms with Crippen molar-refractivity contribution in [2.75, 3.05) is 19.6 Å². The lowest BCUT2D eigenvalue weighted by atomic mass is 10.1. The predicted octanol–water partition coefficient (Wildman–Crippen LogP) is 1.99. The number of rotatable bonds is 8. The van der Waals surface area contributed by atoms with Crippen molar-refractivity contribution in [1.29, 1.82) is 0 Å². The lowest BCUT2D eigenvalue weighted by Gasteiger charge is -2.20. The number of nitrogens with zero attached hydrogens (tertiary/aromatic N) is 3. The van der Waals surface area contributed by atoms with Gasteiger partial charge in [-0.3, -0.25) is 14.5 Å². The van der Waals surface area contributed by atoms with Gasteiger partial charge in [-0.15, -0.1) is 0 Å². The van der Waals surface area contributed by atoms with Crippen molar-refractivity contribution < 1.29 is 9.90 Å². The number of carbonyl (C=O) groups excluding carboxylic acids is 1. The van der Waals surface area contributed by atoms with E-state index >= 15 is 0 Å². The van der Waals surface area contributed by atoms with Crippen LogP contribution in [0, 0.1) is 6.92 Å². The van der Waals surface area contributed by atoms with E-state index in [1.807, 2.05) is 6.92 Å². The Bertz CT molecular complexity index is 924. The van der Waals surface area contributed by atoms with Gasteiger partial charge in [-0.05, 0) is 51.8 Å². The van der Waals surface area contributed by atoms with E-state index in [1.165, 1.54) is 0 Å². The van der Waals surface area contributed by atoms with Crippen LogP contribution in [0.3, 0.4) is 0 Å². The Labute approximate surface area is 171 Å². The molecule has 0 unspecified atom stereocenters. The van der Waals surface area contributed by atoms with Gasteiger partial charge < -0.3 is 15.0 Å². The van der Waals surface area contributed by atoms with Gasteiger partial charge in [-0.1, -0.05) is 12.8 Å². The molecule has 0 bridgehead atoms. The van der Waals surface area contributed by atoms with E-state index in [9.17, 15) is 14.7 Å². The summed E-state index contributed by atoms with van der Waals surface area (Å²) in [4.78, 5) is 31.9. The maximum Gasteiger partial charge on any atom is 0.256 e. The first-order chi connectivity index (χ1) is 13.9. The van der Waals surface area contributed by atoms with Crippen LogP contribution in [0.4, 0.5) is 0 Å². The predicted molar refractivity (Wildman–Crippen MR) is 114 cm³/mol. The second-order valence-electron chi connectivity index (χ2n) is 8.21. The number of nitrogens with one attached hydrogen (secondary N) is 1. The molecule has 3 heterocycles. The number of aromatic nitrogens is 2. The third-order valence-electron chi connectivity index (χ3n) is 5.74. The Morgan fingerprint density at radius 1 is 1.28 bits per heavy atom. The monoisotopic (exact) mass is 400 g/mol. The van der Waals surface area contributed by atoms with E-state index in [4.69, 9.17) is 0 Å². The summed E-state index contributed by atoms with van der Waals surface area (Å²) in [5.41, 5.74) is 1.31. The molecule has 1 saturated heterocycles. The summed E-state index contributed by atoms with van der Waals surface area (Å²) in [6, 6.07) is 3.99. The smallest absolute Gasteiger partial charge is 0.256 e. The van der Waals surface area contributed by atoms with E-state index in [0.717, 1.165) is 50.9 Å². The Balaban J connectivity index is 1.44. The molecule has 2 N–H and O–H groups in total. The van der Waals surface area contributed by atoms with Gasteiger partial charge in [0.1, 0.15) is 11.2 Å². The van der Waals surface area contributed by atoms with Gasteiger partial charge >= 0.3 is 0 Å². The average Bonchev–Trinajstić information content (AvgIpc) is 3.00. The van der Waals surface area contributed by atoms with E-state index in [2.05, 4.69) is 22.1 Å². The first-order valence-corrected chi connectivity index (χ1v) is 10.5. The number of hydrogen-bond acceptors (Lipinski definition) is 5. The lowest BCUT2D eigenvalue weighted by Crippen LogP contribution is -2.30. The summed E-state index contributed by atoms with van der Waals surface area (Å²) in [7, 11) is 1.80. The van der Waals surface area contributed by atoms with Crippen LogP contribution in [0.1, 0.15) is 55.1 Å². The first-order valence-electron chi connectivity index (χ1n) is 10.5. The van der Waals surface area contributed by atoms with Crippen molar-refractivity contribution >= 4 is 16.9 Å². The number of carbonyl (C=O) groups is 1. The molecule has 2 aromatic heterocycles. The van der Waals surface area contributed by atoms with Gasteiger partial charge in [0.25, 0.3) is 5.91 Å². The molecule has 3 rings (SSSR count). The fourth-order valence-corrected chi connectivity index (χ4v) is 4.08. The van der Waals surface area contributed by atoms with Crippen LogP contribution in [0.25, 0.3) is 11.0 Å². The second-order valence-corrected chi connectivity index (χ2v) is 8.21. The van der Waals surface area contributed by atoms with Crippen molar-refractivity contribution in [2.45, 2.75) is 58.1 Å². The number of aliphatic hydroxyl groups excluding tert-OH is 1. The van der Waals surface area contributed by atoms with Gasteiger partial charge in [0.15, 0.2) is 0 Å². The number of hydrogen-bond donors (Lipinski definition) is 2.